The second-order valence-corrected chi connectivity index (χ2v) is 8.43. The number of ether oxygens (including phenoxy) is 1. The van der Waals surface area contributed by atoms with Crippen molar-refractivity contribution in [1.82, 2.24) is 4.57 Å². The lowest BCUT2D eigenvalue weighted by molar-refractivity contribution is -0.118. The molecular formula is C24H27N3O2S. The van der Waals surface area contributed by atoms with Crippen molar-refractivity contribution in [2.45, 2.75) is 46.1 Å². The van der Waals surface area contributed by atoms with Gasteiger partial charge in [-0.1, -0.05) is 32.4 Å². The summed E-state index contributed by atoms with van der Waals surface area (Å²) in [7, 11) is 0. The van der Waals surface area contributed by atoms with Gasteiger partial charge < -0.3 is 14.6 Å². The van der Waals surface area contributed by atoms with Crippen LogP contribution in [0.4, 0.5) is 11.4 Å². The van der Waals surface area contributed by atoms with E-state index in [9.17, 15) is 4.79 Å². The van der Waals surface area contributed by atoms with Crippen LogP contribution in [0.1, 0.15) is 45.2 Å². The molecule has 6 heteroatoms. The van der Waals surface area contributed by atoms with E-state index >= 15 is 0 Å². The third kappa shape index (κ3) is 4.19. The zero-order valence-corrected chi connectivity index (χ0v) is 18.5. The monoisotopic (exact) mass is 421 g/mol. The molecule has 2 heterocycles. The Bertz CT molecular complexity index is 1110. The van der Waals surface area contributed by atoms with Crippen LogP contribution < -0.4 is 14.9 Å². The van der Waals surface area contributed by atoms with Crippen molar-refractivity contribution < 1.29 is 9.53 Å². The summed E-state index contributed by atoms with van der Waals surface area (Å²) in [5.41, 5.74) is 5.14. The summed E-state index contributed by atoms with van der Waals surface area (Å²) in [4.78, 5) is 17.7. The van der Waals surface area contributed by atoms with E-state index in [0.717, 1.165) is 46.7 Å². The summed E-state index contributed by atoms with van der Waals surface area (Å²) in [6, 6.07) is 14.7. The number of hydrogen-bond acceptors (Lipinski definition) is 4. The third-order valence-corrected chi connectivity index (χ3v) is 6.21. The molecule has 1 atom stereocenters. The topological polar surface area (TPSA) is 55.6 Å². The van der Waals surface area contributed by atoms with Crippen LogP contribution in [0.5, 0.6) is 5.75 Å². The molecule has 1 aliphatic heterocycles. The number of thiazole rings is 1. The molecular weight excluding hydrogens is 394 g/mol. The maximum atomic E-state index is 11.7. The first-order chi connectivity index (χ1) is 14.6. The van der Waals surface area contributed by atoms with Crippen LogP contribution in [0.2, 0.25) is 0 Å². The van der Waals surface area contributed by atoms with E-state index in [1.54, 1.807) is 11.3 Å². The number of hydrogen-bond donors (Lipinski definition) is 1. The van der Waals surface area contributed by atoms with Gasteiger partial charge in [0.05, 0.1) is 17.1 Å². The summed E-state index contributed by atoms with van der Waals surface area (Å²) in [5, 5.41) is 5.06. The van der Waals surface area contributed by atoms with E-state index in [1.165, 1.54) is 5.56 Å². The molecule has 3 aromatic rings. The van der Waals surface area contributed by atoms with Gasteiger partial charge in [-0.15, -0.1) is 11.3 Å². The van der Waals surface area contributed by atoms with Gasteiger partial charge in [-0.2, -0.15) is 0 Å². The average Bonchev–Trinajstić information content (AvgIpc) is 3.17. The minimum absolute atomic E-state index is 0.0676. The minimum Gasteiger partial charge on any atom is -0.482 e. The number of fused-ring (bicyclic) bond motifs is 1. The van der Waals surface area contributed by atoms with Crippen molar-refractivity contribution in [3.8, 4) is 17.0 Å². The molecule has 1 aliphatic rings. The molecule has 0 saturated heterocycles. The highest BCUT2D eigenvalue weighted by molar-refractivity contribution is 7.07. The Kier molecular flexibility index (Phi) is 6.04. The van der Waals surface area contributed by atoms with Crippen LogP contribution in [-0.2, 0) is 11.2 Å². The van der Waals surface area contributed by atoms with Crippen LogP contribution in [0.25, 0.3) is 11.3 Å². The number of carbonyl (C=O) groups is 1. The molecule has 30 heavy (non-hydrogen) atoms. The standard InChI is InChI=1S/C24H27N3O2S/c1-4-6-16(3)27-21(18-9-12-22-20(13-18)26-23(28)14-29-22)15-30-24(27)25-19-10-7-17(5-2)8-11-19/h7-13,15-16H,4-6,14H2,1-3H3,(H,26,28). The predicted octanol–water partition coefficient (Wildman–Crippen LogP) is 5.70. The largest absolute Gasteiger partial charge is 0.482 e. The Labute approximate surface area is 181 Å². The minimum atomic E-state index is -0.122. The summed E-state index contributed by atoms with van der Waals surface area (Å²) in [5.74, 6) is 0.589. The second-order valence-electron chi connectivity index (χ2n) is 7.59. The van der Waals surface area contributed by atoms with Crippen molar-refractivity contribution in [2.24, 2.45) is 4.99 Å². The molecule has 4 rings (SSSR count). The highest BCUT2D eigenvalue weighted by atomic mass is 32.1. The molecule has 1 N–H and O–H groups in total. The first-order valence-corrected chi connectivity index (χ1v) is 11.4. The molecule has 0 radical (unpaired) electrons. The fraction of sp³-hybridized carbons (Fsp3) is 0.333. The molecule has 0 aliphatic carbocycles. The summed E-state index contributed by atoms with van der Waals surface area (Å²) in [6.45, 7) is 6.67. The van der Waals surface area contributed by atoms with Gasteiger partial charge in [-0.25, -0.2) is 4.99 Å². The van der Waals surface area contributed by atoms with Crippen LogP contribution >= 0.6 is 11.3 Å². The van der Waals surface area contributed by atoms with Crippen molar-refractivity contribution >= 4 is 28.6 Å². The zero-order chi connectivity index (χ0) is 21.1. The van der Waals surface area contributed by atoms with Crippen LogP contribution in [0, 0.1) is 0 Å². The molecule has 0 saturated carbocycles. The fourth-order valence-corrected chi connectivity index (χ4v) is 4.76. The molecule has 5 nitrogen and oxygen atoms in total. The van der Waals surface area contributed by atoms with Crippen LogP contribution in [0.15, 0.2) is 52.8 Å². The molecule has 0 spiro atoms. The lowest BCUT2D eigenvalue weighted by Gasteiger charge is -2.20. The van der Waals surface area contributed by atoms with Crippen molar-refractivity contribution in [3.05, 3.63) is 58.2 Å². The summed E-state index contributed by atoms with van der Waals surface area (Å²) >= 11 is 1.65. The van der Waals surface area contributed by atoms with Gasteiger partial charge in [-0.05, 0) is 55.7 Å². The van der Waals surface area contributed by atoms with Gasteiger partial charge in [0.1, 0.15) is 5.75 Å². The quantitative estimate of drug-likeness (QED) is 0.555. The first kappa shape index (κ1) is 20.4. The fourth-order valence-electron chi connectivity index (χ4n) is 3.74. The molecule has 0 fully saturated rings. The molecule has 2 aromatic carbocycles. The smallest absolute Gasteiger partial charge is 0.262 e. The zero-order valence-electron chi connectivity index (χ0n) is 17.6. The Balaban J connectivity index is 1.79. The molecule has 1 aromatic heterocycles. The van der Waals surface area contributed by atoms with E-state index in [0.29, 0.717) is 11.8 Å². The number of rotatable bonds is 6. The lowest BCUT2D eigenvalue weighted by Crippen LogP contribution is -2.25. The predicted molar refractivity (Wildman–Crippen MR) is 123 cm³/mol. The lowest BCUT2D eigenvalue weighted by atomic mass is 10.1. The Morgan fingerprint density at radius 3 is 2.73 bits per heavy atom. The summed E-state index contributed by atoms with van der Waals surface area (Å²) < 4.78 is 7.83. The molecule has 1 amide bonds. The number of carbonyl (C=O) groups excluding carboxylic acids is 1. The molecule has 0 bridgehead atoms. The number of nitrogens with one attached hydrogen (secondary N) is 1. The van der Waals surface area contributed by atoms with Gasteiger partial charge in [-0.3, -0.25) is 4.79 Å². The van der Waals surface area contributed by atoms with Crippen molar-refractivity contribution in [3.63, 3.8) is 0 Å². The Hall–Kier alpha value is -2.86. The van der Waals surface area contributed by atoms with E-state index in [1.807, 2.05) is 18.2 Å². The van der Waals surface area contributed by atoms with E-state index in [4.69, 9.17) is 9.73 Å². The third-order valence-electron chi connectivity index (χ3n) is 5.37. The summed E-state index contributed by atoms with van der Waals surface area (Å²) in [6.07, 6.45) is 3.19. The van der Waals surface area contributed by atoms with Gasteiger partial charge in [0.25, 0.3) is 5.91 Å². The van der Waals surface area contributed by atoms with Gasteiger partial charge in [0, 0.05) is 17.0 Å². The average molecular weight is 422 g/mol. The first-order valence-electron chi connectivity index (χ1n) is 10.5. The van der Waals surface area contributed by atoms with Gasteiger partial charge >= 0.3 is 0 Å². The van der Waals surface area contributed by atoms with Crippen molar-refractivity contribution in [2.75, 3.05) is 11.9 Å². The number of amides is 1. The van der Waals surface area contributed by atoms with E-state index in [-0.39, 0.29) is 12.5 Å². The van der Waals surface area contributed by atoms with Crippen LogP contribution in [0.3, 0.4) is 0 Å². The normalized spacial score (nSPS) is 14.8. The van der Waals surface area contributed by atoms with Crippen LogP contribution in [-0.4, -0.2) is 17.1 Å². The maximum absolute atomic E-state index is 11.7. The SMILES string of the molecule is CCCC(C)n1c(-c2ccc3c(c2)NC(=O)CO3)csc1=Nc1ccc(CC)cc1. The van der Waals surface area contributed by atoms with Gasteiger partial charge in [0.15, 0.2) is 11.4 Å². The number of aryl methyl sites for hydroxylation is 1. The van der Waals surface area contributed by atoms with Crippen molar-refractivity contribution in [1.29, 1.82) is 0 Å². The number of benzene rings is 2. The maximum Gasteiger partial charge on any atom is 0.262 e. The molecule has 1 unspecified atom stereocenters. The second kappa shape index (κ2) is 8.88. The highest BCUT2D eigenvalue weighted by Gasteiger charge is 2.19. The van der Waals surface area contributed by atoms with E-state index in [2.05, 4.69) is 60.3 Å². The van der Waals surface area contributed by atoms with Gasteiger partial charge in [0.2, 0.25) is 0 Å². The number of aromatic nitrogens is 1. The number of nitrogens with zero attached hydrogens (tertiary/aromatic N) is 2. The molecule has 156 valence electrons. The Morgan fingerprint density at radius 1 is 1.20 bits per heavy atom. The Morgan fingerprint density at radius 2 is 2.00 bits per heavy atom. The van der Waals surface area contributed by atoms with E-state index < -0.39 is 0 Å². The number of anilines is 1. The highest BCUT2D eigenvalue weighted by Crippen LogP contribution is 2.34.